The van der Waals surface area contributed by atoms with Gasteiger partial charge in [-0.05, 0) is 22.3 Å². The highest BCUT2D eigenvalue weighted by Gasteiger charge is 2.39. The SMILES string of the molecule is C=CCC1(O)c2ccccc2-c2ccccc21. The Morgan fingerprint density at radius 1 is 0.941 bits per heavy atom. The molecule has 0 unspecified atom stereocenters. The molecular formula is C16H14O. The van der Waals surface area contributed by atoms with Gasteiger partial charge >= 0.3 is 0 Å². The van der Waals surface area contributed by atoms with Crippen molar-refractivity contribution in [3.8, 4) is 11.1 Å². The Labute approximate surface area is 101 Å². The highest BCUT2D eigenvalue weighted by molar-refractivity contribution is 5.80. The summed E-state index contributed by atoms with van der Waals surface area (Å²) in [5.74, 6) is 0. The van der Waals surface area contributed by atoms with Gasteiger partial charge in [0.25, 0.3) is 0 Å². The van der Waals surface area contributed by atoms with E-state index in [1.54, 1.807) is 6.08 Å². The van der Waals surface area contributed by atoms with Crippen LogP contribution in [0.2, 0.25) is 0 Å². The summed E-state index contributed by atoms with van der Waals surface area (Å²) in [6.07, 6.45) is 2.32. The smallest absolute Gasteiger partial charge is 0.119 e. The van der Waals surface area contributed by atoms with E-state index < -0.39 is 5.60 Å². The van der Waals surface area contributed by atoms with E-state index in [-0.39, 0.29) is 0 Å². The average molecular weight is 222 g/mol. The largest absolute Gasteiger partial charge is 0.380 e. The van der Waals surface area contributed by atoms with Crippen LogP contribution in [0.1, 0.15) is 17.5 Å². The molecule has 1 heteroatoms. The molecule has 1 nitrogen and oxygen atoms in total. The molecule has 2 aromatic carbocycles. The third-order valence-electron chi connectivity index (χ3n) is 3.48. The topological polar surface area (TPSA) is 20.2 Å². The molecule has 17 heavy (non-hydrogen) atoms. The lowest BCUT2D eigenvalue weighted by Crippen LogP contribution is -2.23. The van der Waals surface area contributed by atoms with Crippen LogP contribution in [0.5, 0.6) is 0 Å². The molecule has 0 amide bonds. The summed E-state index contributed by atoms with van der Waals surface area (Å²) in [7, 11) is 0. The van der Waals surface area contributed by atoms with Crippen LogP contribution in [-0.4, -0.2) is 5.11 Å². The fourth-order valence-corrected chi connectivity index (χ4v) is 2.73. The van der Waals surface area contributed by atoms with Crippen LogP contribution >= 0.6 is 0 Å². The minimum absolute atomic E-state index is 0.543. The predicted octanol–water partition coefficient (Wildman–Crippen LogP) is 3.48. The van der Waals surface area contributed by atoms with Crippen molar-refractivity contribution < 1.29 is 5.11 Å². The summed E-state index contributed by atoms with van der Waals surface area (Å²) in [5.41, 5.74) is 3.33. The summed E-state index contributed by atoms with van der Waals surface area (Å²) in [5, 5.41) is 10.9. The normalized spacial score (nSPS) is 15.1. The highest BCUT2D eigenvalue weighted by atomic mass is 16.3. The summed E-state index contributed by atoms with van der Waals surface area (Å²) in [4.78, 5) is 0. The van der Waals surface area contributed by atoms with E-state index in [0.717, 1.165) is 22.3 Å². The Morgan fingerprint density at radius 2 is 1.41 bits per heavy atom. The maximum atomic E-state index is 10.9. The van der Waals surface area contributed by atoms with Crippen molar-refractivity contribution in [2.45, 2.75) is 12.0 Å². The Kier molecular flexibility index (Phi) is 2.17. The highest BCUT2D eigenvalue weighted by Crippen LogP contribution is 2.48. The van der Waals surface area contributed by atoms with Crippen molar-refractivity contribution in [1.82, 2.24) is 0 Å². The van der Waals surface area contributed by atoms with Gasteiger partial charge in [-0.2, -0.15) is 0 Å². The van der Waals surface area contributed by atoms with Crippen molar-refractivity contribution in [3.05, 3.63) is 72.3 Å². The molecule has 2 aromatic rings. The number of rotatable bonds is 2. The molecule has 1 aliphatic carbocycles. The van der Waals surface area contributed by atoms with Crippen molar-refractivity contribution in [2.75, 3.05) is 0 Å². The van der Waals surface area contributed by atoms with Gasteiger partial charge in [-0.25, -0.2) is 0 Å². The average Bonchev–Trinajstić information content (AvgIpc) is 2.62. The van der Waals surface area contributed by atoms with Gasteiger partial charge in [0.05, 0.1) is 0 Å². The number of fused-ring (bicyclic) bond motifs is 3. The van der Waals surface area contributed by atoms with Crippen molar-refractivity contribution in [1.29, 1.82) is 0 Å². The fraction of sp³-hybridized carbons (Fsp3) is 0.125. The van der Waals surface area contributed by atoms with Crippen LogP contribution in [-0.2, 0) is 5.60 Å². The van der Waals surface area contributed by atoms with Gasteiger partial charge in [-0.1, -0.05) is 54.6 Å². The van der Waals surface area contributed by atoms with Gasteiger partial charge in [0.1, 0.15) is 5.60 Å². The maximum Gasteiger partial charge on any atom is 0.119 e. The predicted molar refractivity (Wildman–Crippen MR) is 69.7 cm³/mol. The van der Waals surface area contributed by atoms with Crippen molar-refractivity contribution >= 4 is 0 Å². The first-order valence-corrected chi connectivity index (χ1v) is 5.80. The molecule has 0 saturated carbocycles. The van der Waals surface area contributed by atoms with Crippen LogP contribution in [0.4, 0.5) is 0 Å². The van der Waals surface area contributed by atoms with Crippen molar-refractivity contribution in [2.24, 2.45) is 0 Å². The van der Waals surface area contributed by atoms with Crippen LogP contribution in [0.15, 0.2) is 61.2 Å². The zero-order chi connectivity index (χ0) is 11.9. The molecule has 0 spiro atoms. The van der Waals surface area contributed by atoms with Gasteiger partial charge in [-0.3, -0.25) is 0 Å². The Balaban J connectivity index is 2.34. The standard InChI is InChI=1S/C16H14O/c1-2-11-16(17)14-9-5-3-7-12(14)13-8-4-6-10-15(13)16/h2-10,17H,1,11H2. The van der Waals surface area contributed by atoms with Crippen molar-refractivity contribution in [3.63, 3.8) is 0 Å². The molecule has 0 radical (unpaired) electrons. The second kappa shape index (κ2) is 3.57. The third-order valence-corrected chi connectivity index (χ3v) is 3.48. The fourth-order valence-electron chi connectivity index (χ4n) is 2.73. The third kappa shape index (κ3) is 1.29. The minimum atomic E-state index is -0.908. The van der Waals surface area contributed by atoms with E-state index in [1.165, 1.54) is 0 Å². The first kappa shape index (κ1) is 10.3. The molecule has 0 heterocycles. The lowest BCUT2D eigenvalue weighted by molar-refractivity contribution is 0.0891. The molecule has 0 fully saturated rings. The second-order valence-corrected chi connectivity index (χ2v) is 4.44. The molecule has 0 aromatic heterocycles. The first-order chi connectivity index (χ1) is 8.27. The van der Waals surface area contributed by atoms with Gasteiger partial charge in [0, 0.05) is 6.42 Å². The number of benzene rings is 2. The molecule has 0 saturated heterocycles. The molecule has 1 aliphatic rings. The molecular weight excluding hydrogens is 208 g/mol. The van der Waals surface area contributed by atoms with Gasteiger partial charge in [0.2, 0.25) is 0 Å². The molecule has 3 rings (SSSR count). The second-order valence-electron chi connectivity index (χ2n) is 4.44. The number of hydrogen-bond donors (Lipinski definition) is 1. The van der Waals surface area contributed by atoms with Gasteiger partial charge in [-0.15, -0.1) is 6.58 Å². The molecule has 0 aliphatic heterocycles. The van der Waals surface area contributed by atoms with E-state index in [0.29, 0.717) is 6.42 Å². The first-order valence-electron chi connectivity index (χ1n) is 5.80. The molecule has 1 N–H and O–H groups in total. The maximum absolute atomic E-state index is 10.9. The summed E-state index contributed by atoms with van der Waals surface area (Å²) >= 11 is 0. The zero-order valence-electron chi connectivity index (χ0n) is 9.56. The Bertz CT molecular complexity index is 538. The minimum Gasteiger partial charge on any atom is -0.380 e. The summed E-state index contributed by atoms with van der Waals surface area (Å²) in [6, 6.07) is 16.1. The Hall–Kier alpha value is -1.86. The lowest BCUT2D eigenvalue weighted by atomic mass is 9.88. The number of hydrogen-bond acceptors (Lipinski definition) is 1. The van der Waals surface area contributed by atoms with E-state index in [2.05, 4.69) is 18.7 Å². The van der Waals surface area contributed by atoms with Gasteiger partial charge < -0.3 is 5.11 Å². The quantitative estimate of drug-likeness (QED) is 0.771. The van der Waals surface area contributed by atoms with Crippen LogP contribution in [0.3, 0.4) is 0 Å². The van der Waals surface area contributed by atoms with Gasteiger partial charge in [0.15, 0.2) is 0 Å². The van der Waals surface area contributed by atoms with E-state index in [1.807, 2.05) is 36.4 Å². The summed E-state index contributed by atoms with van der Waals surface area (Å²) in [6.45, 7) is 3.76. The summed E-state index contributed by atoms with van der Waals surface area (Å²) < 4.78 is 0. The van der Waals surface area contributed by atoms with E-state index in [4.69, 9.17) is 0 Å². The number of aliphatic hydroxyl groups is 1. The Morgan fingerprint density at radius 3 is 1.88 bits per heavy atom. The molecule has 0 atom stereocenters. The lowest BCUT2D eigenvalue weighted by Gasteiger charge is -2.24. The van der Waals surface area contributed by atoms with E-state index >= 15 is 0 Å². The van der Waals surface area contributed by atoms with Crippen LogP contribution < -0.4 is 0 Å². The zero-order valence-corrected chi connectivity index (χ0v) is 9.56. The monoisotopic (exact) mass is 222 g/mol. The van der Waals surface area contributed by atoms with Crippen LogP contribution in [0, 0.1) is 0 Å². The van der Waals surface area contributed by atoms with Crippen LogP contribution in [0.25, 0.3) is 11.1 Å². The molecule has 0 bridgehead atoms. The molecule has 84 valence electrons. The van der Waals surface area contributed by atoms with E-state index in [9.17, 15) is 5.11 Å².